The number of carbonyl (C=O) groups is 1. The molecule has 7 heteroatoms. The molecule has 0 bridgehead atoms. The largest absolute Gasteiger partial charge is 0.506 e. The maximum Gasteiger partial charge on any atom is 0.268 e. The quantitative estimate of drug-likeness (QED) is 0.804. The zero-order chi connectivity index (χ0) is 18.7. The van der Waals surface area contributed by atoms with E-state index < -0.39 is 6.10 Å². The van der Waals surface area contributed by atoms with Crippen LogP contribution in [0.4, 0.5) is 5.69 Å². The summed E-state index contributed by atoms with van der Waals surface area (Å²) in [5.74, 6) is 0.726. The van der Waals surface area contributed by atoms with Gasteiger partial charge in [0.05, 0.1) is 25.6 Å². The molecule has 1 amide bonds. The van der Waals surface area contributed by atoms with Gasteiger partial charge in [-0.15, -0.1) is 0 Å². The molecule has 0 spiro atoms. The summed E-state index contributed by atoms with van der Waals surface area (Å²) in [5.41, 5.74) is 2.56. The minimum atomic E-state index is -0.791. The fourth-order valence-corrected chi connectivity index (χ4v) is 2.75. The van der Waals surface area contributed by atoms with E-state index in [1.54, 1.807) is 32.4 Å². The van der Waals surface area contributed by atoms with Crippen molar-refractivity contribution in [2.24, 2.45) is 5.16 Å². The highest BCUT2D eigenvalue weighted by molar-refractivity contribution is 6.08. The number of aromatic hydroxyl groups is 1. The Labute approximate surface area is 151 Å². The van der Waals surface area contributed by atoms with E-state index in [9.17, 15) is 9.90 Å². The number of benzene rings is 2. The standard InChI is InChI=1S/C19H20N2O5/c1-11-7-8-15(22)14(9-11)20-19(23)17-10-13(21-26-17)12-5-4-6-16(24-2)18(12)25-3/h4-9,17,22H,10H2,1-3H3,(H,20,23). The highest BCUT2D eigenvalue weighted by Gasteiger charge is 2.31. The summed E-state index contributed by atoms with van der Waals surface area (Å²) in [4.78, 5) is 17.8. The van der Waals surface area contributed by atoms with E-state index in [-0.39, 0.29) is 18.1 Å². The van der Waals surface area contributed by atoms with Crippen molar-refractivity contribution < 1.29 is 24.2 Å². The number of phenolic OH excluding ortho intramolecular Hbond substituents is 1. The monoisotopic (exact) mass is 356 g/mol. The summed E-state index contributed by atoms with van der Waals surface area (Å²) in [6.07, 6.45) is -0.511. The van der Waals surface area contributed by atoms with Gasteiger partial charge in [0.15, 0.2) is 11.5 Å². The number of nitrogens with zero attached hydrogens (tertiary/aromatic N) is 1. The molecule has 1 aliphatic heterocycles. The number of rotatable bonds is 5. The second kappa shape index (κ2) is 7.35. The molecule has 1 heterocycles. The Balaban J connectivity index is 1.74. The van der Waals surface area contributed by atoms with Crippen LogP contribution in [0.5, 0.6) is 17.2 Å². The van der Waals surface area contributed by atoms with Crippen LogP contribution in [0.3, 0.4) is 0 Å². The van der Waals surface area contributed by atoms with Gasteiger partial charge in [-0.3, -0.25) is 4.79 Å². The molecule has 0 saturated carbocycles. The third kappa shape index (κ3) is 3.42. The van der Waals surface area contributed by atoms with E-state index in [1.165, 1.54) is 6.07 Å². The van der Waals surface area contributed by atoms with Crippen LogP contribution < -0.4 is 14.8 Å². The number of hydrogen-bond acceptors (Lipinski definition) is 6. The Bertz CT molecular complexity index is 863. The summed E-state index contributed by atoms with van der Waals surface area (Å²) in [7, 11) is 3.10. The van der Waals surface area contributed by atoms with E-state index in [4.69, 9.17) is 14.3 Å². The van der Waals surface area contributed by atoms with Gasteiger partial charge in [0.1, 0.15) is 5.75 Å². The van der Waals surface area contributed by atoms with Gasteiger partial charge in [-0.05, 0) is 36.8 Å². The summed E-state index contributed by atoms with van der Waals surface area (Å²) >= 11 is 0. The number of aryl methyl sites for hydroxylation is 1. The molecule has 26 heavy (non-hydrogen) atoms. The normalized spacial score (nSPS) is 15.8. The molecule has 1 atom stereocenters. The highest BCUT2D eigenvalue weighted by Crippen LogP contribution is 2.33. The first-order chi connectivity index (χ1) is 12.5. The predicted molar refractivity (Wildman–Crippen MR) is 97.0 cm³/mol. The van der Waals surface area contributed by atoms with Gasteiger partial charge in [-0.25, -0.2) is 0 Å². The van der Waals surface area contributed by atoms with Gasteiger partial charge in [0, 0.05) is 12.0 Å². The minimum absolute atomic E-state index is 0.00227. The van der Waals surface area contributed by atoms with Crippen molar-refractivity contribution in [2.75, 3.05) is 19.5 Å². The molecule has 1 unspecified atom stereocenters. The number of ether oxygens (including phenoxy) is 2. The van der Waals surface area contributed by atoms with Gasteiger partial charge in [-0.1, -0.05) is 17.3 Å². The maximum atomic E-state index is 12.5. The zero-order valence-electron chi connectivity index (χ0n) is 14.8. The first-order valence-electron chi connectivity index (χ1n) is 8.08. The van der Waals surface area contributed by atoms with E-state index in [1.807, 2.05) is 19.1 Å². The molecule has 1 aliphatic rings. The number of hydrogen-bond donors (Lipinski definition) is 2. The molecule has 0 aromatic heterocycles. The number of para-hydroxylation sites is 1. The van der Waals surface area contributed by atoms with Crippen LogP contribution in [-0.4, -0.2) is 37.0 Å². The van der Waals surface area contributed by atoms with Crippen molar-refractivity contribution in [1.29, 1.82) is 0 Å². The Hall–Kier alpha value is -3.22. The number of amides is 1. The Morgan fingerprint density at radius 3 is 2.81 bits per heavy atom. The molecule has 2 N–H and O–H groups in total. The molecule has 2 aromatic rings. The zero-order valence-corrected chi connectivity index (χ0v) is 14.8. The second-order valence-corrected chi connectivity index (χ2v) is 5.89. The average molecular weight is 356 g/mol. The van der Waals surface area contributed by atoms with Crippen LogP contribution >= 0.6 is 0 Å². The van der Waals surface area contributed by atoms with E-state index in [2.05, 4.69) is 10.5 Å². The molecule has 3 rings (SSSR count). The first kappa shape index (κ1) is 17.6. The van der Waals surface area contributed by atoms with Gasteiger partial charge in [-0.2, -0.15) is 0 Å². The maximum absolute atomic E-state index is 12.5. The molecule has 0 saturated heterocycles. The fourth-order valence-electron chi connectivity index (χ4n) is 2.75. The lowest BCUT2D eigenvalue weighted by Gasteiger charge is -2.12. The van der Waals surface area contributed by atoms with Crippen LogP contribution in [0.25, 0.3) is 0 Å². The summed E-state index contributed by atoms with van der Waals surface area (Å²) in [6, 6.07) is 10.4. The molecule has 136 valence electrons. The minimum Gasteiger partial charge on any atom is -0.506 e. The summed E-state index contributed by atoms with van der Waals surface area (Å²) < 4.78 is 10.7. The van der Waals surface area contributed by atoms with Gasteiger partial charge in [0.25, 0.3) is 5.91 Å². The number of methoxy groups -OCH3 is 2. The molecule has 0 fully saturated rings. The van der Waals surface area contributed by atoms with Crippen molar-refractivity contribution in [3.63, 3.8) is 0 Å². The fraction of sp³-hybridized carbons (Fsp3) is 0.263. The summed E-state index contributed by atoms with van der Waals surface area (Å²) in [5, 5.41) is 16.6. The van der Waals surface area contributed by atoms with E-state index in [0.29, 0.717) is 28.5 Å². The molecule has 0 radical (unpaired) electrons. The van der Waals surface area contributed by atoms with E-state index in [0.717, 1.165) is 5.56 Å². The van der Waals surface area contributed by atoms with Gasteiger partial charge in [0.2, 0.25) is 6.10 Å². The lowest BCUT2D eigenvalue weighted by molar-refractivity contribution is -0.125. The lowest BCUT2D eigenvalue weighted by Crippen LogP contribution is -2.28. The first-order valence-corrected chi connectivity index (χ1v) is 8.08. The number of phenols is 1. The number of nitrogens with one attached hydrogen (secondary N) is 1. The molecule has 7 nitrogen and oxygen atoms in total. The number of oxime groups is 1. The topological polar surface area (TPSA) is 89.4 Å². The van der Waals surface area contributed by atoms with Gasteiger partial charge < -0.3 is 24.7 Å². The van der Waals surface area contributed by atoms with Crippen molar-refractivity contribution in [1.82, 2.24) is 0 Å². The van der Waals surface area contributed by atoms with Crippen LogP contribution in [0.15, 0.2) is 41.6 Å². The third-order valence-electron chi connectivity index (χ3n) is 4.09. The van der Waals surface area contributed by atoms with Crippen molar-refractivity contribution in [3.05, 3.63) is 47.5 Å². The number of carbonyl (C=O) groups excluding carboxylic acids is 1. The second-order valence-electron chi connectivity index (χ2n) is 5.89. The Morgan fingerprint density at radius 2 is 2.08 bits per heavy atom. The third-order valence-corrected chi connectivity index (χ3v) is 4.09. The molecule has 0 aliphatic carbocycles. The SMILES string of the molecule is COc1cccc(C2=NOC(C(=O)Nc3cc(C)ccc3O)C2)c1OC. The van der Waals surface area contributed by atoms with Crippen LogP contribution in [-0.2, 0) is 9.63 Å². The lowest BCUT2D eigenvalue weighted by atomic mass is 10.0. The van der Waals surface area contributed by atoms with Crippen LogP contribution in [0.1, 0.15) is 17.5 Å². The predicted octanol–water partition coefficient (Wildman–Crippen LogP) is 2.85. The van der Waals surface area contributed by atoms with Crippen molar-refractivity contribution in [2.45, 2.75) is 19.4 Å². The Kier molecular flexibility index (Phi) is 4.97. The van der Waals surface area contributed by atoms with Crippen LogP contribution in [0.2, 0.25) is 0 Å². The molecular formula is C19H20N2O5. The van der Waals surface area contributed by atoms with Crippen molar-refractivity contribution in [3.8, 4) is 17.2 Å². The smallest absolute Gasteiger partial charge is 0.268 e. The van der Waals surface area contributed by atoms with Gasteiger partial charge >= 0.3 is 0 Å². The average Bonchev–Trinajstić information content (AvgIpc) is 3.14. The molecule has 2 aromatic carbocycles. The Morgan fingerprint density at radius 1 is 1.27 bits per heavy atom. The van der Waals surface area contributed by atoms with E-state index >= 15 is 0 Å². The molecular weight excluding hydrogens is 336 g/mol. The highest BCUT2D eigenvalue weighted by atomic mass is 16.6. The van der Waals surface area contributed by atoms with Crippen LogP contribution in [0, 0.1) is 6.92 Å². The van der Waals surface area contributed by atoms with Crippen molar-refractivity contribution >= 4 is 17.3 Å². The number of anilines is 1. The summed E-state index contributed by atoms with van der Waals surface area (Å²) in [6.45, 7) is 1.87.